The summed E-state index contributed by atoms with van der Waals surface area (Å²) >= 11 is 0. The number of nitrogens with one attached hydrogen (secondary N) is 3. The van der Waals surface area contributed by atoms with Crippen LogP contribution >= 0.6 is 0 Å². The molecule has 0 aliphatic rings. The molecule has 0 aliphatic carbocycles. The first kappa shape index (κ1) is 28.7. The molecule has 40 heavy (non-hydrogen) atoms. The molecule has 2 aromatic heterocycles. The summed E-state index contributed by atoms with van der Waals surface area (Å²) in [6, 6.07) is 12.1. The standard InChI is InChI=1S/C28H28F4N6O2/c1-16(2)12-33-13-18-9-24(27(40)38(14-18)15-28(30,31)32)26(39)34-21-6-4-5-19(10-21)22-8-7-20(29)11-23(22)25-17(3)35-37-36-25/h4-11,14,16,33H,12-13,15H2,1-3H3,(H,34,39)(H,35,36,37). The van der Waals surface area contributed by atoms with Crippen molar-refractivity contribution in [2.45, 2.75) is 40.0 Å². The second-order valence-corrected chi connectivity index (χ2v) is 9.85. The lowest BCUT2D eigenvalue weighted by Crippen LogP contribution is -2.34. The van der Waals surface area contributed by atoms with Crippen molar-refractivity contribution >= 4 is 11.6 Å². The Morgan fingerprint density at radius 1 is 1.10 bits per heavy atom. The second-order valence-electron chi connectivity index (χ2n) is 9.85. The van der Waals surface area contributed by atoms with Gasteiger partial charge in [0.05, 0.1) is 5.69 Å². The smallest absolute Gasteiger partial charge is 0.322 e. The number of amides is 1. The molecule has 0 unspecified atom stereocenters. The Morgan fingerprint density at radius 3 is 2.55 bits per heavy atom. The van der Waals surface area contributed by atoms with Gasteiger partial charge in [-0.2, -0.15) is 13.2 Å². The van der Waals surface area contributed by atoms with Gasteiger partial charge >= 0.3 is 6.18 Å². The molecular formula is C28H28F4N6O2. The number of rotatable bonds is 9. The number of pyridine rings is 1. The molecule has 8 nitrogen and oxygen atoms in total. The zero-order valence-corrected chi connectivity index (χ0v) is 22.1. The number of alkyl halides is 3. The van der Waals surface area contributed by atoms with E-state index in [-0.39, 0.29) is 6.54 Å². The number of halogens is 4. The fourth-order valence-corrected chi connectivity index (χ4v) is 4.23. The molecule has 0 aliphatic heterocycles. The highest BCUT2D eigenvalue weighted by Gasteiger charge is 2.29. The highest BCUT2D eigenvalue weighted by molar-refractivity contribution is 6.04. The average molecular weight is 557 g/mol. The molecule has 0 saturated carbocycles. The van der Waals surface area contributed by atoms with Crippen molar-refractivity contribution in [3.05, 3.63) is 87.7 Å². The second kappa shape index (κ2) is 11.8. The first-order valence-corrected chi connectivity index (χ1v) is 12.5. The first-order chi connectivity index (χ1) is 18.9. The normalized spacial score (nSPS) is 11.7. The van der Waals surface area contributed by atoms with Gasteiger partial charge in [-0.05, 0) is 66.4 Å². The summed E-state index contributed by atoms with van der Waals surface area (Å²) in [6.07, 6.45) is -3.53. The van der Waals surface area contributed by atoms with E-state index >= 15 is 0 Å². The van der Waals surface area contributed by atoms with Crippen LogP contribution in [0.5, 0.6) is 0 Å². The number of nitrogens with zero attached hydrogens (tertiary/aromatic N) is 3. The van der Waals surface area contributed by atoms with E-state index in [4.69, 9.17) is 0 Å². The van der Waals surface area contributed by atoms with Crippen LogP contribution in [-0.4, -0.2) is 38.6 Å². The summed E-state index contributed by atoms with van der Waals surface area (Å²) < 4.78 is 54.1. The van der Waals surface area contributed by atoms with Crippen LogP contribution in [0, 0.1) is 18.7 Å². The molecule has 1 amide bonds. The Morgan fingerprint density at radius 2 is 1.88 bits per heavy atom. The van der Waals surface area contributed by atoms with Gasteiger partial charge in [0.2, 0.25) is 0 Å². The predicted molar refractivity (Wildman–Crippen MR) is 143 cm³/mol. The topological polar surface area (TPSA) is 105 Å². The van der Waals surface area contributed by atoms with Crippen LogP contribution < -0.4 is 16.2 Å². The molecule has 0 fully saturated rings. The van der Waals surface area contributed by atoms with Crippen molar-refractivity contribution in [3.8, 4) is 22.4 Å². The van der Waals surface area contributed by atoms with Gasteiger partial charge in [0.15, 0.2) is 0 Å². The number of benzene rings is 2. The van der Waals surface area contributed by atoms with Crippen LogP contribution in [0.3, 0.4) is 0 Å². The summed E-state index contributed by atoms with van der Waals surface area (Å²) in [5.41, 5.74) is 1.97. The molecule has 2 heterocycles. The lowest BCUT2D eigenvalue weighted by atomic mass is 9.96. The average Bonchev–Trinajstić information content (AvgIpc) is 3.30. The van der Waals surface area contributed by atoms with E-state index in [1.165, 1.54) is 18.2 Å². The van der Waals surface area contributed by atoms with Crippen LogP contribution in [0.15, 0.2) is 59.5 Å². The quantitative estimate of drug-likeness (QED) is 0.243. The number of carbonyl (C=O) groups is 1. The van der Waals surface area contributed by atoms with Crippen molar-refractivity contribution in [3.63, 3.8) is 0 Å². The number of aromatic amines is 1. The third-order valence-corrected chi connectivity index (χ3v) is 6.01. The Balaban J connectivity index is 1.66. The predicted octanol–water partition coefficient (Wildman–Crippen LogP) is 5.31. The van der Waals surface area contributed by atoms with Crippen molar-refractivity contribution in [2.24, 2.45) is 5.92 Å². The van der Waals surface area contributed by atoms with Gasteiger partial charge < -0.3 is 15.2 Å². The van der Waals surface area contributed by atoms with Gasteiger partial charge in [-0.25, -0.2) is 4.39 Å². The molecule has 3 N–H and O–H groups in total. The number of aryl methyl sites for hydroxylation is 1. The largest absolute Gasteiger partial charge is 0.406 e. The van der Waals surface area contributed by atoms with E-state index in [9.17, 15) is 27.2 Å². The monoisotopic (exact) mass is 556 g/mol. The first-order valence-electron chi connectivity index (χ1n) is 12.5. The summed E-state index contributed by atoms with van der Waals surface area (Å²) in [4.78, 5) is 26.1. The maximum absolute atomic E-state index is 14.1. The highest BCUT2D eigenvalue weighted by Crippen LogP contribution is 2.34. The number of hydrogen-bond acceptors (Lipinski definition) is 5. The number of anilines is 1. The molecule has 0 saturated heterocycles. The fourth-order valence-electron chi connectivity index (χ4n) is 4.23. The molecule has 4 rings (SSSR count). The van der Waals surface area contributed by atoms with Crippen LogP contribution in [0.25, 0.3) is 22.4 Å². The van der Waals surface area contributed by atoms with E-state index < -0.39 is 35.6 Å². The van der Waals surface area contributed by atoms with Crippen molar-refractivity contribution < 1.29 is 22.4 Å². The van der Waals surface area contributed by atoms with Gasteiger partial charge in [-0.1, -0.05) is 37.3 Å². The van der Waals surface area contributed by atoms with Gasteiger partial charge in [-0.3, -0.25) is 14.7 Å². The maximum atomic E-state index is 14.1. The lowest BCUT2D eigenvalue weighted by molar-refractivity contribution is -0.141. The third-order valence-electron chi connectivity index (χ3n) is 6.01. The number of hydrogen-bond donors (Lipinski definition) is 3. The third kappa shape index (κ3) is 7.00. The van der Waals surface area contributed by atoms with Crippen molar-refractivity contribution in [1.82, 2.24) is 25.3 Å². The molecule has 210 valence electrons. The van der Waals surface area contributed by atoms with Gasteiger partial charge in [-0.15, -0.1) is 5.10 Å². The molecule has 0 spiro atoms. The maximum Gasteiger partial charge on any atom is 0.406 e. The number of H-pyrrole nitrogens is 1. The van der Waals surface area contributed by atoms with Crippen molar-refractivity contribution in [2.75, 3.05) is 11.9 Å². The Kier molecular flexibility index (Phi) is 8.48. The molecule has 12 heteroatoms. The molecule has 0 radical (unpaired) electrons. The molecule has 4 aromatic rings. The van der Waals surface area contributed by atoms with Crippen LogP contribution in [0.2, 0.25) is 0 Å². The zero-order valence-electron chi connectivity index (χ0n) is 22.1. The number of aromatic nitrogens is 4. The molecule has 0 atom stereocenters. The SMILES string of the molecule is Cc1[nH]nnc1-c1cc(F)ccc1-c1cccc(NC(=O)c2cc(CNCC(C)C)cn(CC(F)(F)F)c2=O)c1. The number of carbonyl (C=O) groups excluding carboxylic acids is 1. The molecule has 2 aromatic carbocycles. The van der Waals surface area contributed by atoms with E-state index in [2.05, 4.69) is 26.0 Å². The van der Waals surface area contributed by atoms with E-state index in [1.54, 1.807) is 37.3 Å². The van der Waals surface area contributed by atoms with Gasteiger partial charge in [0, 0.05) is 24.0 Å². The zero-order chi connectivity index (χ0) is 29.0. The van der Waals surface area contributed by atoms with E-state index in [0.717, 1.165) is 6.20 Å². The highest BCUT2D eigenvalue weighted by atomic mass is 19.4. The minimum absolute atomic E-state index is 0.181. The lowest BCUT2D eigenvalue weighted by Gasteiger charge is -2.15. The Bertz CT molecular complexity index is 1580. The Hall–Kier alpha value is -4.32. The van der Waals surface area contributed by atoms with Crippen LogP contribution in [-0.2, 0) is 13.1 Å². The minimum atomic E-state index is -4.65. The summed E-state index contributed by atoms with van der Waals surface area (Å²) in [6.45, 7) is 4.97. The van der Waals surface area contributed by atoms with Crippen LogP contribution in [0.4, 0.5) is 23.2 Å². The molecule has 0 bridgehead atoms. The minimum Gasteiger partial charge on any atom is -0.322 e. The Labute approximate surface area is 227 Å². The van der Waals surface area contributed by atoms with Crippen molar-refractivity contribution in [1.29, 1.82) is 0 Å². The van der Waals surface area contributed by atoms with Gasteiger partial charge in [0.1, 0.15) is 23.6 Å². The van der Waals surface area contributed by atoms with Gasteiger partial charge in [0.25, 0.3) is 11.5 Å². The van der Waals surface area contributed by atoms with E-state index in [0.29, 0.717) is 56.4 Å². The van der Waals surface area contributed by atoms with E-state index in [1.807, 2.05) is 13.8 Å². The summed E-state index contributed by atoms with van der Waals surface area (Å²) in [7, 11) is 0. The summed E-state index contributed by atoms with van der Waals surface area (Å²) in [5, 5.41) is 16.3. The molecular weight excluding hydrogens is 528 g/mol. The van der Waals surface area contributed by atoms with Crippen LogP contribution in [0.1, 0.15) is 35.5 Å². The summed E-state index contributed by atoms with van der Waals surface area (Å²) in [5.74, 6) is -1.02. The fraction of sp³-hybridized carbons (Fsp3) is 0.286.